The van der Waals surface area contributed by atoms with E-state index < -0.39 is 0 Å². The maximum absolute atomic E-state index is 11.7. The van der Waals surface area contributed by atoms with Crippen molar-refractivity contribution in [2.45, 2.75) is 6.54 Å². The van der Waals surface area contributed by atoms with E-state index >= 15 is 0 Å². The number of aromatic nitrogens is 2. The third-order valence-corrected chi connectivity index (χ3v) is 3.12. The second-order valence-corrected chi connectivity index (χ2v) is 4.57. The standard InChI is InChI=1S/C15H14N4O2/c16-12-6-8-13(9-7-12)17-10-14-15(18-21-19(14)20)11-4-2-1-3-5-11/h1-9,17H,10,16H2. The average molecular weight is 282 g/mol. The van der Waals surface area contributed by atoms with Crippen LogP contribution in [0.25, 0.3) is 11.3 Å². The van der Waals surface area contributed by atoms with Crippen LogP contribution in [-0.2, 0) is 6.54 Å². The average Bonchev–Trinajstić information content (AvgIpc) is 2.89. The monoisotopic (exact) mass is 282 g/mol. The SMILES string of the molecule is Nc1ccc(NCc2c(-c3ccccc3)no[n+]2[O-])cc1. The Morgan fingerprint density at radius 1 is 1.10 bits per heavy atom. The molecule has 0 bridgehead atoms. The normalized spacial score (nSPS) is 10.5. The molecule has 0 aliphatic carbocycles. The summed E-state index contributed by atoms with van der Waals surface area (Å²) in [5.74, 6) is 0. The molecule has 0 saturated carbocycles. The van der Waals surface area contributed by atoms with Crippen LogP contribution in [0.2, 0.25) is 0 Å². The molecule has 0 amide bonds. The topological polar surface area (TPSA) is 91.0 Å². The van der Waals surface area contributed by atoms with Gasteiger partial charge in [0.1, 0.15) is 0 Å². The molecule has 0 spiro atoms. The molecule has 106 valence electrons. The number of rotatable bonds is 4. The van der Waals surface area contributed by atoms with Gasteiger partial charge >= 0.3 is 0 Å². The van der Waals surface area contributed by atoms with Crippen LogP contribution >= 0.6 is 0 Å². The van der Waals surface area contributed by atoms with Crippen molar-refractivity contribution in [2.24, 2.45) is 0 Å². The van der Waals surface area contributed by atoms with Gasteiger partial charge in [0.15, 0.2) is 0 Å². The second kappa shape index (κ2) is 5.54. The molecule has 1 heterocycles. The fraction of sp³-hybridized carbons (Fsp3) is 0.0667. The van der Waals surface area contributed by atoms with Crippen molar-refractivity contribution in [3.8, 4) is 11.3 Å². The van der Waals surface area contributed by atoms with Crippen LogP contribution in [0, 0.1) is 5.21 Å². The largest absolute Gasteiger partial charge is 0.399 e. The fourth-order valence-electron chi connectivity index (χ4n) is 2.02. The van der Waals surface area contributed by atoms with E-state index in [0.29, 0.717) is 28.5 Å². The minimum absolute atomic E-state index is 0.307. The molecule has 0 unspecified atom stereocenters. The van der Waals surface area contributed by atoms with E-state index in [1.165, 1.54) is 0 Å². The molecule has 6 heteroatoms. The Balaban J connectivity index is 1.82. The summed E-state index contributed by atoms with van der Waals surface area (Å²) in [6.07, 6.45) is 0. The molecule has 3 rings (SSSR count). The van der Waals surface area contributed by atoms with Gasteiger partial charge in [-0.3, -0.25) is 4.63 Å². The highest BCUT2D eigenvalue weighted by Gasteiger charge is 2.20. The minimum atomic E-state index is 0.307. The summed E-state index contributed by atoms with van der Waals surface area (Å²) in [5.41, 5.74) is 8.99. The molecule has 0 aliphatic rings. The van der Waals surface area contributed by atoms with Crippen LogP contribution in [0.4, 0.5) is 11.4 Å². The number of nitrogens with two attached hydrogens (primary N) is 1. The third-order valence-electron chi connectivity index (χ3n) is 3.12. The molecule has 3 N–H and O–H groups in total. The number of nitrogens with zero attached hydrogens (tertiary/aromatic N) is 2. The molecule has 0 radical (unpaired) electrons. The Morgan fingerprint density at radius 3 is 2.52 bits per heavy atom. The van der Waals surface area contributed by atoms with E-state index in [0.717, 1.165) is 11.3 Å². The molecule has 6 nitrogen and oxygen atoms in total. The summed E-state index contributed by atoms with van der Waals surface area (Å²) in [7, 11) is 0. The van der Waals surface area contributed by atoms with Gasteiger partial charge in [-0.2, -0.15) is 0 Å². The van der Waals surface area contributed by atoms with Gasteiger partial charge < -0.3 is 16.3 Å². The van der Waals surface area contributed by atoms with Crippen LogP contribution in [0.15, 0.2) is 59.2 Å². The third kappa shape index (κ3) is 2.79. The molecule has 0 saturated heterocycles. The second-order valence-electron chi connectivity index (χ2n) is 4.57. The van der Waals surface area contributed by atoms with E-state index in [1.807, 2.05) is 42.5 Å². The Hall–Kier alpha value is -3.02. The molecule has 0 aliphatic heterocycles. The zero-order valence-electron chi connectivity index (χ0n) is 11.2. The minimum Gasteiger partial charge on any atom is -0.399 e. The van der Waals surface area contributed by atoms with Crippen molar-refractivity contribution in [2.75, 3.05) is 11.1 Å². The van der Waals surface area contributed by atoms with Crippen molar-refractivity contribution in [3.05, 3.63) is 65.5 Å². The fourth-order valence-corrected chi connectivity index (χ4v) is 2.02. The van der Waals surface area contributed by atoms with Gasteiger partial charge in [0.05, 0.1) is 6.54 Å². The maximum atomic E-state index is 11.7. The maximum Gasteiger partial charge on any atom is 0.253 e. The zero-order valence-corrected chi connectivity index (χ0v) is 11.2. The Labute approximate surface area is 121 Å². The summed E-state index contributed by atoms with van der Waals surface area (Å²) in [5, 5.41) is 18.7. The molecule has 1 aromatic heterocycles. The van der Waals surface area contributed by atoms with Gasteiger partial charge in [-0.05, 0) is 29.2 Å². The van der Waals surface area contributed by atoms with Gasteiger partial charge in [-0.25, -0.2) is 0 Å². The van der Waals surface area contributed by atoms with Gasteiger partial charge in [-0.15, -0.1) is 0 Å². The van der Waals surface area contributed by atoms with Crippen molar-refractivity contribution in [3.63, 3.8) is 0 Å². The summed E-state index contributed by atoms with van der Waals surface area (Å²) in [6.45, 7) is 0.307. The molecule has 0 fully saturated rings. The highest BCUT2D eigenvalue weighted by atomic mass is 16.8. The van der Waals surface area contributed by atoms with E-state index in [9.17, 15) is 5.21 Å². The molecular weight excluding hydrogens is 268 g/mol. The smallest absolute Gasteiger partial charge is 0.253 e. The lowest BCUT2D eigenvalue weighted by Crippen LogP contribution is -2.29. The van der Waals surface area contributed by atoms with Crippen molar-refractivity contribution in [1.29, 1.82) is 0 Å². The van der Waals surface area contributed by atoms with Crippen molar-refractivity contribution in [1.82, 2.24) is 5.16 Å². The van der Waals surface area contributed by atoms with Crippen LogP contribution in [0.3, 0.4) is 0 Å². The Morgan fingerprint density at radius 2 is 1.81 bits per heavy atom. The van der Waals surface area contributed by atoms with Gasteiger partial charge in [-0.1, -0.05) is 30.3 Å². The van der Waals surface area contributed by atoms with Crippen LogP contribution in [0.5, 0.6) is 0 Å². The Kier molecular flexibility index (Phi) is 3.42. The number of hydrogen-bond donors (Lipinski definition) is 2. The lowest BCUT2D eigenvalue weighted by atomic mass is 10.1. The summed E-state index contributed by atoms with van der Waals surface area (Å²) >= 11 is 0. The van der Waals surface area contributed by atoms with Gasteiger partial charge in [0.25, 0.3) is 5.69 Å². The first kappa shape index (κ1) is 13.0. The first-order chi connectivity index (χ1) is 10.2. The number of nitrogen functional groups attached to an aromatic ring is 1. The van der Waals surface area contributed by atoms with E-state index in [4.69, 9.17) is 10.4 Å². The lowest BCUT2D eigenvalue weighted by Gasteiger charge is -2.05. The number of nitrogens with one attached hydrogen (secondary N) is 1. The quantitative estimate of drug-likeness (QED) is 0.565. The summed E-state index contributed by atoms with van der Waals surface area (Å²) < 4.78 is 4.71. The van der Waals surface area contributed by atoms with Crippen LogP contribution in [0.1, 0.15) is 5.69 Å². The predicted octanol–water partition coefficient (Wildman–Crippen LogP) is 2.17. The van der Waals surface area contributed by atoms with Gasteiger partial charge in [0, 0.05) is 22.1 Å². The van der Waals surface area contributed by atoms with Gasteiger partial charge in [0.2, 0.25) is 5.69 Å². The molecule has 3 aromatic rings. The molecule has 0 atom stereocenters. The first-order valence-electron chi connectivity index (χ1n) is 6.47. The molecular formula is C15H14N4O2. The Bertz CT molecular complexity index is 723. The highest BCUT2D eigenvalue weighted by molar-refractivity contribution is 5.60. The van der Waals surface area contributed by atoms with E-state index in [-0.39, 0.29) is 0 Å². The summed E-state index contributed by atoms with van der Waals surface area (Å²) in [4.78, 5) is 0.423. The van der Waals surface area contributed by atoms with Crippen molar-refractivity contribution >= 4 is 11.4 Å². The predicted molar refractivity (Wildman–Crippen MR) is 79.1 cm³/mol. The van der Waals surface area contributed by atoms with E-state index in [1.54, 1.807) is 12.1 Å². The summed E-state index contributed by atoms with van der Waals surface area (Å²) in [6, 6.07) is 16.7. The van der Waals surface area contributed by atoms with Crippen molar-refractivity contribution < 1.29 is 9.53 Å². The number of benzene rings is 2. The van der Waals surface area contributed by atoms with E-state index in [2.05, 4.69) is 10.5 Å². The molecule has 21 heavy (non-hydrogen) atoms. The lowest BCUT2D eigenvalue weighted by molar-refractivity contribution is -0.807. The number of hydrogen-bond acceptors (Lipinski definition) is 5. The zero-order chi connectivity index (χ0) is 14.7. The number of anilines is 2. The van der Waals surface area contributed by atoms with Crippen LogP contribution in [-0.4, -0.2) is 5.16 Å². The molecule has 2 aromatic carbocycles. The first-order valence-corrected chi connectivity index (χ1v) is 6.47. The highest BCUT2D eigenvalue weighted by Crippen LogP contribution is 2.20. The van der Waals surface area contributed by atoms with Crippen LogP contribution < -0.4 is 16.0 Å².